The molecular formula is C9H7FN2OS. The molecule has 14 heavy (non-hydrogen) atoms. The van der Waals surface area contributed by atoms with Crippen molar-refractivity contribution in [3.63, 3.8) is 0 Å². The van der Waals surface area contributed by atoms with Gasteiger partial charge in [-0.15, -0.1) is 11.3 Å². The Balaban J connectivity index is 2.77. The van der Waals surface area contributed by atoms with E-state index < -0.39 is 11.7 Å². The first-order valence-corrected chi connectivity index (χ1v) is 4.76. The number of nitrogens with zero attached hydrogens (tertiary/aromatic N) is 1. The molecule has 0 saturated carbocycles. The first kappa shape index (κ1) is 9.08. The molecule has 0 unspecified atom stereocenters. The summed E-state index contributed by atoms with van der Waals surface area (Å²) >= 11 is 1.34. The molecular weight excluding hydrogens is 203 g/mol. The summed E-state index contributed by atoms with van der Waals surface area (Å²) in [5.74, 6) is -1.13. The second kappa shape index (κ2) is 3.02. The highest BCUT2D eigenvalue weighted by molar-refractivity contribution is 7.18. The van der Waals surface area contributed by atoms with E-state index >= 15 is 0 Å². The Labute approximate surface area is 83.4 Å². The minimum Gasteiger partial charge on any atom is -0.366 e. The van der Waals surface area contributed by atoms with Crippen molar-refractivity contribution >= 4 is 27.5 Å². The van der Waals surface area contributed by atoms with Crippen LogP contribution in [0, 0.1) is 12.7 Å². The van der Waals surface area contributed by atoms with Gasteiger partial charge in [0.05, 0.1) is 9.71 Å². The molecule has 1 amide bonds. The molecule has 0 aliphatic heterocycles. The standard InChI is InChI=1S/C9H7FN2OS/c1-4-12-8-6(10)2-5(9(11)13)3-7(8)14-4/h2-3H,1H3,(H2,11,13). The van der Waals surface area contributed by atoms with Crippen molar-refractivity contribution < 1.29 is 9.18 Å². The summed E-state index contributed by atoms with van der Waals surface area (Å²) in [6, 6.07) is 2.68. The molecule has 0 fully saturated rings. The number of benzene rings is 1. The molecule has 0 aliphatic carbocycles. The number of amides is 1. The van der Waals surface area contributed by atoms with Crippen molar-refractivity contribution in [1.29, 1.82) is 0 Å². The minimum atomic E-state index is -0.628. The van der Waals surface area contributed by atoms with E-state index in [1.54, 1.807) is 13.0 Å². The average Bonchev–Trinajstić information content (AvgIpc) is 2.45. The third-order valence-corrected chi connectivity index (χ3v) is 2.76. The average molecular weight is 210 g/mol. The Morgan fingerprint density at radius 3 is 2.93 bits per heavy atom. The number of carbonyl (C=O) groups is 1. The first-order valence-electron chi connectivity index (χ1n) is 3.94. The van der Waals surface area contributed by atoms with Crippen molar-refractivity contribution in [2.45, 2.75) is 6.92 Å². The van der Waals surface area contributed by atoms with Gasteiger partial charge in [-0.2, -0.15) is 0 Å². The number of nitrogens with two attached hydrogens (primary N) is 1. The number of hydrogen-bond acceptors (Lipinski definition) is 3. The third kappa shape index (κ3) is 1.35. The number of primary amides is 1. The smallest absolute Gasteiger partial charge is 0.248 e. The summed E-state index contributed by atoms with van der Waals surface area (Å²) in [5, 5.41) is 0.764. The molecule has 72 valence electrons. The highest BCUT2D eigenvalue weighted by atomic mass is 32.1. The summed E-state index contributed by atoms with van der Waals surface area (Å²) in [4.78, 5) is 14.8. The molecule has 3 nitrogen and oxygen atoms in total. The number of carbonyl (C=O) groups excluding carboxylic acids is 1. The van der Waals surface area contributed by atoms with Crippen molar-refractivity contribution in [2.24, 2.45) is 5.73 Å². The van der Waals surface area contributed by atoms with Gasteiger partial charge in [0.25, 0.3) is 0 Å². The van der Waals surface area contributed by atoms with Gasteiger partial charge in [-0.25, -0.2) is 9.37 Å². The SMILES string of the molecule is Cc1nc2c(F)cc(C(N)=O)cc2s1. The van der Waals surface area contributed by atoms with E-state index in [-0.39, 0.29) is 5.56 Å². The van der Waals surface area contributed by atoms with Crippen molar-refractivity contribution in [3.05, 3.63) is 28.5 Å². The summed E-state index contributed by atoms with van der Waals surface area (Å²) in [7, 11) is 0. The molecule has 2 aromatic rings. The molecule has 0 radical (unpaired) electrons. The summed E-state index contributed by atoms with van der Waals surface area (Å²) in [6.45, 7) is 1.79. The van der Waals surface area contributed by atoms with Crippen molar-refractivity contribution in [1.82, 2.24) is 4.98 Å². The van der Waals surface area contributed by atoms with Crippen LogP contribution >= 0.6 is 11.3 Å². The Bertz CT molecular complexity index is 521. The molecule has 2 N–H and O–H groups in total. The number of fused-ring (bicyclic) bond motifs is 1. The Kier molecular flexibility index (Phi) is 1.96. The summed E-state index contributed by atoms with van der Waals surface area (Å²) < 4.78 is 14.0. The van der Waals surface area contributed by atoms with Crippen LogP contribution in [0.25, 0.3) is 10.2 Å². The zero-order chi connectivity index (χ0) is 10.3. The van der Waals surface area contributed by atoms with Crippen LogP contribution in [0.1, 0.15) is 15.4 Å². The lowest BCUT2D eigenvalue weighted by molar-refractivity contribution is 0.1000. The van der Waals surface area contributed by atoms with Gasteiger partial charge in [0.2, 0.25) is 5.91 Å². The van der Waals surface area contributed by atoms with Crippen LogP contribution < -0.4 is 5.73 Å². The number of aromatic nitrogens is 1. The predicted octanol–water partition coefficient (Wildman–Crippen LogP) is 1.84. The molecule has 5 heteroatoms. The highest BCUT2D eigenvalue weighted by Gasteiger charge is 2.10. The van der Waals surface area contributed by atoms with E-state index in [9.17, 15) is 9.18 Å². The summed E-state index contributed by atoms with van der Waals surface area (Å²) in [5.41, 5.74) is 5.54. The maximum absolute atomic E-state index is 13.4. The lowest BCUT2D eigenvalue weighted by atomic mass is 10.2. The fraction of sp³-hybridized carbons (Fsp3) is 0.111. The van der Waals surface area contributed by atoms with Crippen LogP contribution in [0.3, 0.4) is 0 Å². The van der Waals surface area contributed by atoms with Gasteiger partial charge in [0, 0.05) is 5.56 Å². The van der Waals surface area contributed by atoms with E-state index in [1.165, 1.54) is 11.3 Å². The molecule has 1 aromatic carbocycles. The maximum atomic E-state index is 13.4. The molecule has 0 atom stereocenters. The zero-order valence-corrected chi connectivity index (χ0v) is 8.19. The van der Waals surface area contributed by atoms with Crippen LogP contribution in [0.2, 0.25) is 0 Å². The fourth-order valence-corrected chi connectivity index (χ4v) is 2.12. The van der Waals surface area contributed by atoms with Crippen LogP contribution in [-0.2, 0) is 0 Å². The van der Waals surface area contributed by atoms with E-state index in [4.69, 9.17) is 5.73 Å². The first-order chi connectivity index (χ1) is 6.58. The number of aryl methyl sites for hydroxylation is 1. The lowest BCUT2D eigenvalue weighted by Crippen LogP contribution is -2.10. The fourth-order valence-electron chi connectivity index (χ4n) is 1.24. The molecule has 0 saturated heterocycles. The van der Waals surface area contributed by atoms with Gasteiger partial charge in [0.1, 0.15) is 5.52 Å². The Hall–Kier alpha value is -1.49. The topological polar surface area (TPSA) is 56.0 Å². The molecule has 1 heterocycles. The van der Waals surface area contributed by atoms with Crippen molar-refractivity contribution in [2.75, 3.05) is 0 Å². The second-order valence-electron chi connectivity index (χ2n) is 2.90. The predicted molar refractivity (Wildman–Crippen MR) is 52.8 cm³/mol. The van der Waals surface area contributed by atoms with Crippen LogP contribution in [0.4, 0.5) is 4.39 Å². The Morgan fingerprint density at radius 1 is 1.57 bits per heavy atom. The second-order valence-corrected chi connectivity index (χ2v) is 4.14. The van der Waals surface area contributed by atoms with E-state index in [2.05, 4.69) is 4.98 Å². The number of thiazole rings is 1. The van der Waals surface area contributed by atoms with Crippen LogP contribution in [0.15, 0.2) is 12.1 Å². The monoisotopic (exact) mass is 210 g/mol. The number of rotatable bonds is 1. The van der Waals surface area contributed by atoms with E-state index in [0.717, 1.165) is 11.1 Å². The van der Waals surface area contributed by atoms with Crippen LogP contribution in [0.5, 0.6) is 0 Å². The molecule has 0 bridgehead atoms. The summed E-state index contributed by atoms with van der Waals surface area (Å²) in [6.07, 6.45) is 0. The quantitative estimate of drug-likeness (QED) is 0.780. The van der Waals surface area contributed by atoms with Crippen LogP contribution in [-0.4, -0.2) is 10.9 Å². The van der Waals surface area contributed by atoms with E-state index in [1.807, 2.05) is 0 Å². The molecule has 1 aromatic heterocycles. The van der Waals surface area contributed by atoms with Gasteiger partial charge in [-0.1, -0.05) is 0 Å². The molecule has 0 aliphatic rings. The maximum Gasteiger partial charge on any atom is 0.248 e. The van der Waals surface area contributed by atoms with Gasteiger partial charge in [-0.3, -0.25) is 4.79 Å². The molecule has 2 rings (SSSR count). The van der Waals surface area contributed by atoms with E-state index in [0.29, 0.717) is 10.2 Å². The highest BCUT2D eigenvalue weighted by Crippen LogP contribution is 2.25. The normalized spacial score (nSPS) is 10.7. The minimum absolute atomic E-state index is 0.179. The number of halogens is 1. The lowest BCUT2D eigenvalue weighted by Gasteiger charge is -1.95. The molecule has 0 spiro atoms. The van der Waals surface area contributed by atoms with Gasteiger partial charge in [0.15, 0.2) is 5.82 Å². The van der Waals surface area contributed by atoms with Crippen molar-refractivity contribution in [3.8, 4) is 0 Å². The largest absolute Gasteiger partial charge is 0.366 e. The van der Waals surface area contributed by atoms with Gasteiger partial charge >= 0.3 is 0 Å². The Morgan fingerprint density at radius 2 is 2.29 bits per heavy atom. The van der Waals surface area contributed by atoms with Gasteiger partial charge < -0.3 is 5.73 Å². The number of hydrogen-bond donors (Lipinski definition) is 1. The van der Waals surface area contributed by atoms with Gasteiger partial charge in [-0.05, 0) is 19.1 Å². The third-order valence-electron chi connectivity index (χ3n) is 1.84. The zero-order valence-electron chi connectivity index (χ0n) is 7.37.